The lowest BCUT2D eigenvalue weighted by atomic mass is 10.2. The molecule has 2 aromatic heterocycles. The molecular weight excluding hydrogens is 252 g/mol. The normalized spacial score (nSPS) is 11.1. The van der Waals surface area contributed by atoms with E-state index in [2.05, 4.69) is 11.9 Å². The van der Waals surface area contributed by atoms with E-state index in [1.54, 1.807) is 10.6 Å². The maximum atomic E-state index is 12.6. The second-order valence-corrected chi connectivity index (χ2v) is 4.79. The highest BCUT2D eigenvalue weighted by Crippen LogP contribution is 2.12. The van der Waals surface area contributed by atoms with E-state index in [1.807, 2.05) is 30.3 Å². The van der Waals surface area contributed by atoms with Crippen LogP contribution in [0.3, 0.4) is 0 Å². The number of rotatable bonds is 4. The molecule has 0 amide bonds. The smallest absolute Gasteiger partial charge is 0.265 e. The maximum Gasteiger partial charge on any atom is 0.265 e. The lowest BCUT2D eigenvalue weighted by Crippen LogP contribution is -2.25. The molecule has 4 nitrogen and oxygen atoms in total. The number of hydrogen-bond acceptors (Lipinski definition) is 3. The number of aromatic nitrogens is 2. The number of nitrogens with zero attached hydrogens (tertiary/aromatic N) is 2. The summed E-state index contributed by atoms with van der Waals surface area (Å²) in [6, 6.07) is 11.6. The molecule has 0 bridgehead atoms. The fourth-order valence-corrected chi connectivity index (χ4v) is 2.33. The zero-order valence-electron chi connectivity index (χ0n) is 11.4. The van der Waals surface area contributed by atoms with Crippen LogP contribution < -0.4 is 5.56 Å². The summed E-state index contributed by atoms with van der Waals surface area (Å²) in [6.07, 6.45) is 3.22. The molecule has 0 saturated carbocycles. The number of fused-ring (bicyclic) bond motifs is 1. The minimum atomic E-state index is -0.0314. The van der Waals surface area contributed by atoms with Crippen molar-refractivity contribution in [3.8, 4) is 0 Å². The molecule has 102 valence electrons. The van der Waals surface area contributed by atoms with Crippen molar-refractivity contribution in [1.82, 2.24) is 9.55 Å². The van der Waals surface area contributed by atoms with Crippen LogP contribution in [-0.2, 0) is 13.0 Å². The van der Waals surface area contributed by atoms with Crippen LogP contribution >= 0.6 is 0 Å². The summed E-state index contributed by atoms with van der Waals surface area (Å²) < 4.78 is 7.01. The van der Waals surface area contributed by atoms with Crippen molar-refractivity contribution in [2.24, 2.45) is 0 Å². The molecule has 4 heteroatoms. The van der Waals surface area contributed by atoms with Crippen LogP contribution in [0, 0.1) is 0 Å². The zero-order valence-corrected chi connectivity index (χ0v) is 11.4. The van der Waals surface area contributed by atoms with Gasteiger partial charge in [-0.05, 0) is 18.1 Å². The van der Waals surface area contributed by atoms with Gasteiger partial charge in [-0.3, -0.25) is 9.36 Å². The topological polar surface area (TPSA) is 48.0 Å². The van der Waals surface area contributed by atoms with Gasteiger partial charge in [0.1, 0.15) is 11.2 Å². The Labute approximate surface area is 116 Å². The number of hydrogen-bond donors (Lipinski definition) is 0. The maximum absolute atomic E-state index is 12.6. The van der Waals surface area contributed by atoms with Crippen LogP contribution in [0.4, 0.5) is 0 Å². The average molecular weight is 268 g/mol. The summed E-state index contributed by atoms with van der Waals surface area (Å²) in [4.78, 5) is 17.0. The first kappa shape index (κ1) is 12.7. The third-order valence-electron chi connectivity index (χ3n) is 3.32. The molecule has 20 heavy (non-hydrogen) atoms. The van der Waals surface area contributed by atoms with Gasteiger partial charge in [0.05, 0.1) is 12.8 Å². The predicted octanol–water partition coefficient (Wildman–Crippen LogP) is 2.99. The van der Waals surface area contributed by atoms with Crippen molar-refractivity contribution in [1.29, 1.82) is 0 Å². The van der Waals surface area contributed by atoms with Gasteiger partial charge >= 0.3 is 0 Å². The molecule has 0 aliphatic carbocycles. The molecule has 3 aromatic rings. The van der Waals surface area contributed by atoms with Crippen LogP contribution in [0.15, 0.2) is 51.9 Å². The molecular formula is C16H16N2O2. The first-order valence-corrected chi connectivity index (χ1v) is 6.80. The second kappa shape index (κ2) is 5.33. The highest BCUT2D eigenvalue weighted by atomic mass is 16.3. The lowest BCUT2D eigenvalue weighted by molar-refractivity contribution is 0.586. The van der Waals surface area contributed by atoms with Gasteiger partial charge in [0, 0.05) is 6.42 Å². The van der Waals surface area contributed by atoms with Gasteiger partial charge in [0.25, 0.3) is 5.56 Å². The second-order valence-electron chi connectivity index (χ2n) is 4.79. The van der Waals surface area contributed by atoms with E-state index >= 15 is 0 Å². The van der Waals surface area contributed by atoms with E-state index in [9.17, 15) is 4.79 Å². The molecule has 0 aliphatic heterocycles. The predicted molar refractivity (Wildman–Crippen MR) is 77.8 cm³/mol. The Bertz CT molecular complexity index is 772. The highest BCUT2D eigenvalue weighted by Gasteiger charge is 2.12. The van der Waals surface area contributed by atoms with Gasteiger partial charge < -0.3 is 4.42 Å². The molecule has 0 unspecified atom stereocenters. The highest BCUT2D eigenvalue weighted by molar-refractivity contribution is 5.71. The molecule has 3 rings (SSSR count). The Hall–Kier alpha value is -2.36. The van der Waals surface area contributed by atoms with E-state index in [0.29, 0.717) is 17.6 Å². The minimum Gasteiger partial charge on any atom is -0.446 e. The standard InChI is InChI=1S/C16H16N2O2/c1-2-6-14-17-15-13(9-10-20-15)16(19)18(14)11-12-7-4-3-5-8-12/h3-5,7-10H,2,6,11H2,1H3. The fraction of sp³-hybridized carbons (Fsp3) is 0.250. The summed E-state index contributed by atoms with van der Waals surface area (Å²) in [7, 11) is 0. The summed E-state index contributed by atoms with van der Waals surface area (Å²) in [5.74, 6) is 0.781. The van der Waals surface area contributed by atoms with Crippen molar-refractivity contribution in [3.63, 3.8) is 0 Å². The molecule has 0 spiro atoms. The van der Waals surface area contributed by atoms with Crippen molar-refractivity contribution < 1.29 is 4.42 Å². The summed E-state index contributed by atoms with van der Waals surface area (Å²) >= 11 is 0. The summed E-state index contributed by atoms with van der Waals surface area (Å²) in [5, 5.41) is 0.542. The van der Waals surface area contributed by atoms with E-state index in [-0.39, 0.29) is 5.56 Å². The Balaban J connectivity index is 2.14. The van der Waals surface area contributed by atoms with E-state index < -0.39 is 0 Å². The van der Waals surface area contributed by atoms with Crippen molar-refractivity contribution in [2.45, 2.75) is 26.3 Å². The Morgan fingerprint density at radius 3 is 2.75 bits per heavy atom. The molecule has 2 heterocycles. The lowest BCUT2D eigenvalue weighted by Gasteiger charge is -2.11. The number of aryl methyl sites for hydroxylation is 1. The van der Waals surface area contributed by atoms with E-state index in [4.69, 9.17) is 4.42 Å². The largest absolute Gasteiger partial charge is 0.446 e. The SMILES string of the molecule is CCCc1nc2occc2c(=O)n1Cc1ccccc1. The van der Waals surface area contributed by atoms with Crippen LogP contribution in [-0.4, -0.2) is 9.55 Å². The zero-order chi connectivity index (χ0) is 13.9. The number of benzene rings is 1. The molecule has 0 N–H and O–H groups in total. The van der Waals surface area contributed by atoms with Gasteiger partial charge in [0.15, 0.2) is 0 Å². The monoisotopic (exact) mass is 268 g/mol. The van der Waals surface area contributed by atoms with E-state index in [0.717, 1.165) is 24.2 Å². The molecule has 0 aliphatic rings. The molecule has 0 atom stereocenters. The fourth-order valence-electron chi connectivity index (χ4n) is 2.33. The quantitative estimate of drug-likeness (QED) is 0.730. The van der Waals surface area contributed by atoms with Gasteiger partial charge in [-0.2, -0.15) is 4.98 Å². The van der Waals surface area contributed by atoms with Crippen LogP contribution in [0.2, 0.25) is 0 Å². The van der Waals surface area contributed by atoms with Crippen LogP contribution in [0.1, 0.15) is 24.7 Å². The summed E-state index contributed by atoms with van der Waals surface area (Å²) in [6.45, 7) is 2.62. The molecule has 0 fully saturated rings. The van der Waals surface area contributed by atoms with Gasteiger partial charge in [-0.25, -0.2) is 0 Å². The average Bonchev–Trinajstić information content (AvgIpc) is 2.93. The summed E-state index contributed by atoms with van der Waals surface area (Å²) in [5.41, 5.74) is 1.50. The third-order valence-corrected chi connectivity index (χ3v) is 3.32. The van der Waals surface area contributed by atoms with Crippen molar-refractivity contribution in [2.75, 3.05) is 0 Å². The van der Waals surface area contributed by atoms with Gasteiger partial charge in [0.2, 0.25) is 5.71 Å². The van der Waals surface area contributed by atoms with Crippen molar-refractivity contribution >= 4 is 11.1 Å². The minimum absolute atomic E-state index is 0.0314. The van der Waals surface area contributed by atoms with Gasteiger partial charge in [-0.15, -0.1) is 0 Å². The Kier molecular flexibility index (Phi) is 3.37. The Morgan fingerprint density at radius 1 is 1.20 bits per heavy atom. The van der Waals surface area contributed by atoms with Crippen LogP contribution in [0.25, 0.3) is 11.1 Å². The molecule has 0 saturated heterocycles. The van der Waals surface area contributed by atoms with Crippen molar-refractivity contribution in [3.05, 3.63) is 64.4 Å². The molecule has 1 aromatic carbocycles. The Morgan fingerprint density at radius 2 is 2.00 bits per heavy atom. The first-order chi connectivity index (χ1) is 9.79. The third kappa shape index (κ3) is 2.25. The first-order valence-electron chi connectivity index (χ1n) is 6.80. The van der Waals surface area contributed by atoms with Gasteiger partial charge in [-0.1, -0.05) is 37.3 Å². The number of furan rings is 1. The van der Waals surface area contributed by atoms with Crippen LogP contribution in [0.5, 0.6) is 0 Å². The van der Waals surface area contributed by atoms with E-state index in [1.165, 1.54) is 6.26 Å². The molecule has 0 radical (unpaired) electrons.